The van der Waals surface area contributed by atoms with Crippen molar-refractivity contribution in [3.05, 3.63) is 12.8 Å². The molecule has 3 heterocycles. The van der Waals surface area contributed by atoms with Gasteiger partial charge in [-0.15, -0.1) is 0 Å². The van der Waals surface area contributed by atoms with Crippen molar-refractivity contribution in [3.63, 3.8) is 0 Å². The molecule has 3 fully saturated rings. The third kappa shape index (κ3) is 2.96. The zero-order valence-electron chi connectivity index (χ0n) is 9.04. The van der Waals surface area contributed by atoms with Crippen molar-refractivity contribution in [2.45, 2.75) is 38.1 Å². The summed E-state index contributed by atoms with van der Waals surface area (Å²) in [5, 5.41) is 3.32. The van der Waals surface area contributed by atoms with Gasteiger partial charge in [0, 0.05) is 6.04 Å². The molecule has 3 rings (SSSR count). The molecule has 0 bridgehead atoms. The summed E-state index contributed by atoms with van der Waals surface area (Å²) < 4.78 is 0. The Morgan fingerprint density at radius 1 is 1.07 bits per heavy atom. The molecule has 80 valence electrons. The summed E-state index contributed by atoms with van der Waals surface area (Å²) in [7, 11) is 0. The minimum Gasteiger partial charge on any atom is -0.317 e. The summed E-state index contributed by atoms with van der Waals surface area (Å²) in [5.41, 5.74) is 0. The lowest BCUT2D eigenvalue weighted by Crippen LogP contribution is -2.42. The van der Waals surface area contributed by atoms with E-state index in [1.54, 1.807) is 0 Å². The third-order valence-electron chi connectivity index (χ3n) is 3.32. The second-order valence-corrected chi connectivity index (χ2v) is 4.39. The van der Waals surface area contributed by atoms with E-state index in [1.165, 1.54) is 58.3 Å². The second kappa shape index (κ2) is 5.72. The Labute approximate surface area is 88.1 Å². The van der Waals surface area contributed by atoms with Crippen molar-refractivity contribution in [2.75, 3.05) is 26.2 Å². The van der Waals surface area contributed by atoms with Crippen LogP contribution in [0.3, 0.4) is 0 Å². The van der Waals surface area contributed by atoms with Crippen LogP contribution in [0.15, 0.2) is 0 Å². The molecule has 0 aromatic heterocycles. The molecule has 3 aliphatic rings. The normalized spacial score (nSPS) is 32.1. The minimum absolute atomic E-state index is 0.903. The number of fused-ring (bicyclic) bond motifs is 1. The van der Waals surface area contributed by atoms with Gasteiger partial charge in [0.05, 0.1) is 0 Å². The third-order valence-corrected chi connectivity index (χ3v) is 3.32. The van der Waals surface area contributed by atoms with Crippen molar-refractivity contribution in [3.8, 4) is 0 Å². The highest BCUT2D eigenvalue weighted by Gasteiger charge is 2.31. The fourth-order valence-corrected chi connectivity index (χ4v) is 2.28. The van der Waals surface area contributed by atoms with Crippen molar-refractivity contribution in [1.82, 2.24) is 10.2 Å². The van der Waals surface area contributed by atoms with Crippen LogP contribution in [0, 0.1) is 12.8 Å². The first kappa shape index (κ1) is 10.4. The Morgan fingerprint density at radius 2 is 2.07 bits per heavy atom. The van der Waals surface area contributed by atoms with Crippen LogP contribution in [0.5, 0.6) is 0 Å². The molecule has 0 aromatic carbocycles. The average Bonchev–Trinajstić information content (AvgIpc) is 2.48. The molecule has 0 amide bonds. The first-order valence-corrected chi connectivity index (χ1v) is 6.06. The fourth-order valence-electron chi connectivity index (χ4n) is 2.28. The Balaban J connectivity index is 0.000000107. The van der Waals surface area contributed by atoms with E-state index in [1.807, 2.05) is 0 Å². The molecule has 3 aliphatic heterocycles. The Morgan fingerprint density at radius 3 is 2.71 bits per heavy atom. The van der Waals surface area contributed by atoms with E-state index in [0.29, 0.717) is 0 Å². The van der Waals surface area contributed by atoms with Crippen LogP contribution in [0.25, 0.3) is 0 Å². The van der Waals surface area contributed by atoms with Crippen LogP contribution in [0.2, 0.25) is 0 Å². The molecule has 2 nitrogen and oxygen atoms in total. The quantitative estimate of drug-likeness (QED) is 0.630. The number of nitrogens with zero attached hydrogens (tertiary/aromatic N) is 1. The van der Waals surface area contributed by atoms with Gasteiger partial charge < -0.3 is 5.32 Å². The maximum absolute atomic E-state index is 3.32. The molecule has 0 aromatic rings. The van der Waals surface area contributed by atoms with E-state index in [9.17, 15) is 0 Å². The Bertz CT molecular complexity index is 129. The highest BCUT2D eigenvalue weighted by atomic mass is 15.2. The highest BCUT2D eigenvalue weighted by molar-refractivity contribution is 4.99. The lowest BCUT2D eigenvalue weighted by molar-refractivity contribution is 0.157. The largest absolute Gasteiger partial charge is 0.317 e. The average molecular weight is 194 g/mol. The maximum atomic E-state index is 3.32. The number of hydrogen-bond donors (Lipinski definition) is 1. The van der Waals surface area contributed by atoms with Crippen molar-refractivity contribution >= 4 is 0 Å². The predicted octanol–water partition coefficient (Wildman–Crippen LogP) is 1.63. The summed E-state index contributed by atoms with van der Waals surface area (Å²) >= 11 is 0. The Hall–Kier alpha value is -0.0800. The standard InChI is InChI=1S/C6H10N.C6H12N/c1-2-6-3-5-7(6)4-1;1-2-4-6-7-5-3-1/h2,6H,1,3-5H2;1,7H,2-6H2. The zero-order chi connectivity index (χ0) is 9.64. The molecular formula is C12H22N2. The number of rotatable bonds is 0. The molecule has 14 heavy (non-hydrogen) atoms. The molecule has 0 aliphatic carbocycles. The van der Waals surface area contributed by atoms with Crippen LogP contribution in [0.1, 0.15) is 32.1 Å². The number of hydrogen-bond acceptors (Lipinski definition) is 2. The fraction of sp³-hybridized carbons (Fsp3) is 0.833. The van der Waals surface area contributed by atoms with Gasteiger partial charge in [0.25, 0.3) is 0 Å². The molecule has 0 spiro atoms. The highest BCUT2D eigenvalue weighted by Crippen LogP contribution is 2.26. The van der Waals surface area contributed by atoms with E-state index in [0.717, 1.165) is 6.04 Å². The predicted molar refractivity (Wildman–Crippen MR) is 59.9 cm³/mol. The van der Waals surface area contributed by atoms with Gasteiger partial charge in [0.1, 0.15) is 0 Å². The molecular weight excluding hydrogens is 172 g/mol. The van der Waals surface area contributed by atoms with Crippen LogP contribution in [0.4, 0.5) is 0 Å². The van der Waals surface area contributed by atoms with Gasteiger partial charge in [-0.3, -0.25) is 4.90 Å². The summed E-state index contributed by atoms with van der Waals surface area (Å²) in [6.45, 7) is 5.11. The number of nitrogens with one attached hydrogen (secondary N) is 1. The van der Waals surface area contributed by atoms with E-state index in [-0.39, 0.29) is 0 Å². The molecule has 2 radical (unpaired) electrons. The van der Waals surface area contributed by atoms with E-state index in [2.05, 4.69) is 23.1 Å². The van der Waals surface area contributed by atoms with Gasteiger partial charge in [-0.05, 0) is 71.1 Å². The Kier molecular flexibility index (Phi) is 4.26. The van der Waals surface area contributed by atoms with Gasteiger partial charge in [0.15, 0.2) is 0 Å². The minimum atomic E-state index is 0.903. The first-order chi connectivity index (χ1) is 6.97. The molecule has 2 heteroatoms. The van der Waals surface area contributed by atoms with Crippen LogP contribution < -0.4 is 5.32 Å². The molecule has 0 saturated carbocycles. The second-order valence-electron chi connectivity index (χ2n) is 4.39. The van der Waals surface area contributed by atoms with Crippen molar-refractivity contribution in [2.24, 2.45) is 0 Å². The molecule has 1 N–H and O–H groups in total. The zero-order valence-corrected chi connectivity index (χ0v) is 9.04. The van der Waals surface area contributed by atoms with Gasteiger partial charge in [-0.1, -0.05) is 0 Å². The summed E-state index contributed by atoms with van der Waals surface area (Å²) in [6, 6.07) is 0.903. The molecule has 1 atom stereocenters. The molecule has 1 unspecified atom stereocenters. The lowest BCUT2D eigenvalue weighted by Gasteiger charge is -2.34. The van der Waals surface area contributed by atoms with Gasteiger partial charge in [0.2, 0.25) is 0 Å². The first-order valence-electron chi connectivity index (χ1n) is 6.06. The van der Waals surface area contributed by atoms with Crippen molar-refractivity contribution in [1.29, 1.82) is 0 Å². The van der Waals surface area contributed by atoms with Gasteiger partial charge in [-0.25, -0.2) is 0 Å². The molecule has 3 saturated heterocycles. The van der Waals surface area contributed by atoms with Gasteiger partial charge >= 0.3 is 0 Å². The topological polar surface area (TPSA) is 15.3 Å². The van der Waals surface area contributed by atoms with Crippen molar-refractivity contribution < 1.29 is 0 Å². The maximum Gasteiger partial charge on any atom is 0.0139 e. The smallest absolute Gasteiger partial charge is 0.0139 e. The van der Waals surface area contributed by atoms with E-state index in [4.69, 9.17) is 0 Å². The van der Waals surface area contributed by atoms with E-state index >= 15 is 0 Å². The monoisotopic (exact) mass is 194 g/mol. The van der Waals surface area contributed by atoms with Gasteiger partial charge in [-0.2, -0.15) is 0 Å². The summed E-state index contributed by atoms with van der Waals surface area (Å²) in [4.78, 5) is 2.53. The summed E-state index contributed by atoms with van der Waals surface area (Å²) in [5.74, 6) is 0. The van der Waals surface area contributed by atoms with Crippen LogP contribution in [-0.2, 0) is 0 Å². The van der Waals surface area contributed by atoms with Crippen LogP contribution >= 0.6 is 0 Å². The summed E-state index contributed by atoms with van der Waals surface area (Å²) in [6.07, 6.45) is 11.5. The van der Waals surface area contributed by atoms with E-state index < -0.39 is 0 Å². The van der Waals surface area contributed by atoms with Crippen LogP contribution in [-0.4, -0.2) is 37.1 Å². The SMILES string of the molecule is [CH]1CCCNCC1.[CH]1CCN2CCC12. The lowest BCUT2D eigenvalue weighted by atomic mass is 10.1.